The number of likely N-dealkylation sites (tertiary alicyclic amines) is 1. The predicted molar refractivity (Wildman–Crippen MR) is 215 cm³/mol. The molecular weight excluding hydrogens is 703 g/mol. The molecule has 1 spiro atoms. The van der Waals surface area contributed by atoms with Crippen molar-refractivity contribution in [2.24, 2.45) is 11.3 Å². The normalized spacial score (nSPS) is 27.5. The second-order valence-corrected chi connectivity index (χ2v) is 17.4. The number of carbonyl (C=O) groups is 2. The maximum Gasteiger partial charge on any atom is 0.262 e. The number of nitrogens with one attached hydrogen (secondary N) is 1. The Morgan fingerprint density at radius 1 is 0.696 bits per heavy atom. The number of piperidine rings is 2. The predicted octanol–water partition coefficient (Wildman–Crippen LogP) is 5.28. The summed E-state index contributed by atoms with van der Waals surface area (Å²) < 4.78 is 0. The van der Waals surface area contributed by atoms with E-state index in [4.69, 9.17) is 0 Å². The van der Waals surface area contributed by atoms with Crippen LogP contribution in [0.25, 0.3) is 0 Å². The van der Waals surface area contributed by atoms with Gasteiger partial charge in [-0.2, -0.15) is 0 Å². The Morgan fingerprint density at radius 3 is 2.18 bits per heavy atom. The van der Waals surface area contributed by atoms with Crippen molar-refractivity contribution in [3.63, 3.8) is 0 Å². The number of phenolic OH excluding ortho intramolecular Hbond substituents is 1. The number of rotatable bonds is 7. The first-order valence-corrected chi connectivity index (χ1v) is 20.5. The van der Waals surface area contributed by atoms with Crippen LogP contribution in [0, 0.1) is 11.3 Å². The van der Waals surface area contributed by atoms with Gasteiger partial charge in [0.25, 0.3) is 11.8 Å². The third-order valence-corrected chi connectivity index (χ3v) is 13.8. The van der Waals surface area contributed by atoms with E-state index >= 15 is 0 Å². The maximum absolute atomic E-state index is 13.4. The smallest absolute Gasteiger partial charge is 0.262 e. The van der Waals surface area contributed by atoms with Gasteiger partial charge < -0.3 is 30.0 Å². The van der Waals surface area contributed by atoms with Crippen LogP contribution in [0.3, 0.4) is 0 Å². The number of aliphatic hydroxyl groups excluding tert-OH is 2. The molecule has 5 atom stereocenters. The van der Waals surface area contributed by atoms with E-state index in [1.165, 1.54) is 45.7 Å². The molecule has 4 fully saturated rings. The van der Waals surface area contributed by atoms with E-state index < -0.39 is 18.5 Å². The van der Waals surface area contributed by atoms with Gasteiger partial charge in [-0.25, -0.2) is 0 Å². The molecule has 0 radical (unpaired) electrons. The Balaban J connectivity index is 0.718. The second kappa shape index (κ2) is 14.0. The average molecular weight is 754 g/mol. The van der Waals surface area contributed by atoms with E-state index in [2.05, 4.69) is 80.7 Å². The standard InChI is InChI=1S/C46H51N5O5/c52-35-12-15-37-32(22-35)8-13-36(30-4-2-1-3-5-30)42(37)31-6-9-33(10-7-31)49-20-18-29(19-21-49)24-48-25-46(26-48)27-50(28-46)34-11-14-38-39(23-34)45(56)51(44(38)55)40-16-17-41(53)47-43(40)54/h1-7,9-12,14-15,22-23,29,36,40-43,47,52-54H,8,13,16-21,24-28H2/t36-,40?,41?,42+,43?/m1/s1. The van der Waals surface area contributed by atoms with Crippen LogP contribution in [0.2, 0.25) is 0 Å². The van der Waals surface area contributed by atoms with Crippen LogP contribution in [0.1, 0.15) is 86.9 Å². The Kier molecular flexibility index (Phi) is 8.93. The summed E-state index contributed by atoms with van der Waals surface area (Å²) in [6, 6.07) is 31.0. The number of anilines is 2. The molecule has 10 nitrogen and oxygen atoms in total. The number of phenols is 1. The molecule has 4 saturated heterocycles. The number of aryl methyl sites for hydroxylation is 1. The SMILES string of the molecule is O=C1c2ccc(N3CC4(CN(CC5CCN(c6ccc([C@@H]7c8ccc(O)cc8CC[C@@H]7c7ccccc7)cc6)CC5)C4)C3)cc2C(=O)N1C1CCC(O)NC1O. The zero-order chi connectivity index (χ0) is 38.1. The van der Waals surface area contributed by atoms with Crippen molar-refractivity contribution < 1.29 is 24.9 Å². The summed E-state index contributed by atoms with van der Waals surface area (Å²) in [6.07, 6.45) is 3.16. The van der Waals surface area contributed by atoms with Crippen molar-refractivity contribution >= 4 is 23.2 Å². The van der Waals surface area contributed by atoms with E-state index in [1.54, 1.807) is 6.07 Å². The van der Waals surface area contributed by atoms with Crippen molar-refractivity contribution in [1.82, 2.24) is 15.1 Å². The lowest BCUT2D eigenvalue weighted by Crippen LogP contribution is -2.72. The van der Waals surface area contributed by atoms with Crippen LogP contribution >= 0.6 is 0 Å². The summed E-state index contributed by atoms with van der Waals surface area (Å²) in [5.74, 6) is 0.965. The highest BCUT2D eigenvalue weighted by Gasteiger charge is 2.52. The van der Waals surface area contributed by atoms with Crippen LogP contribution < -0.4 is 15.1 Å². The lowest BCUT2D eigenvalue weighted by atomic mass is 9.69. The molecule has 0 aromatic heterocycles. The number of amides is 2. The van der Waals surface area contributed by atoms with Gasteiger partial charge in [0.15, 0.2) is 0 Å². The molecule has 4 aromatic rings. The van der Waals surface area contributed by atoms with Gasteiger partial charge in [0.05, 0.1) is 17.2 Å². The maximum atomic E-state index is 13.4. The lowest BCUT2D eigenvalue weighted by molar-refractivity contribution is -0.0413. The van der Waals surface area contributed by atoms with Gasteiger partial charge in [-0.05, 0) is 115 Å². The van der Waals surface area contributed by atoms with Crippen molar-refractivity contribution in [2.75, 3.05) is 55.6 Å². The first-order chi connectivity index (χ1) is 27.2. The van der Waals surface area contributed by atoms with Crippen LogP contribution in [0.5, 0.6) is 5.75 Å². The van der Waals surface area contributed by atoms with Crippen molar-refractivity contribution in [3.8, 4) is 5.75 Å². The Labute approximate surface area is 328 Å². The Bertz CT molecular complexity index is 2120. The molecule has 0 saturated carbocycles. The van der Waals surface area contributed by atoms with Gasteiger partial charge in [0, 0.05) is 68.5 Å². The molecule has 10 rings (SSSR count). The fourth-order valence-electron chi connectivity index (χ4n) is 11.0. The molecule has 2 amide bonds. The quantitative estimate of drug-likeness (QED) is 0.187. The minimum atomic E-state index is -1.15. The number of aliphatic hydroxyl groups is 2. The van der Waals surface area contributed by atoms with Gasteiger partial charge in [-0.15, -0.1) is 0 Å². The zero-order valence-electron chi connectivity index (χ0n) is 31.8. The van der Waals surface area contributed by atoms with Crippen molar-refractivity contribution in [1.29, 1.82) is 0 Å². The largest absolute Gasteiger partial charge is 0.508 e. The first-order valence-electron chi connectivity index (χ1n) is 20.5. The molecule has 4 aromatic carbocycles. The van der Waals surface area contributed by atoms with Gasteiger partial charge in [-0.1, -0.05) is 48.5 Å². The second-order valence-electron chi connectivity index (χ2n) is 17.4. The lowest BCUT2D eigenvalue weighted by Gasteiger charge is -2.61. The molecule has 56 heavy (non-hydrogen) atoms. The minimum Gasteiger partial charge on any atom is -0.508 e. The first kappa shape index (κ1) is 35.7. The Morgan fingerprint density at radius 2 is 1.43 bits per heavy atom. The summed E-state index contributed by atoms with van der Waals surface area (Å²) in [6.45, 7) is 7.41. The molecule has 3 unspecified atom stereocenters. The zero-order valence-corrected chi connectivity index (χ0v) is 31.8. The van der Waals surface area contributed by atoms with Crippen LogP contribution in [0.15, 0.2) is 91.0 Å². The topological polar surface area (TPSA) is 120 Å². The number of imide groups is 1. The minimum absolute atomic E-state index is 0.260. The molecule has 0 bridgehead atoms. The summed E-state index contributed by atoms with van der Waals surface area (Å²) in [4.78, 5) is 35.2. The summed E-state index contributed by atoms with van der Waals surface area (Å²) >= 11 is 0. The van der Waals surface area contributed by atoms with E-state index in [0.717, 1.165) is 64.3 Å². The molecule has 6 aliphatic rings. The van der Waals surface area contributed by atoms with Gasteiger partial charge in [0.1, 0.15) is 18.2 Å². The monoisotopic (exact) mass is 753 g/mol. The van der Waals surface area contributed by atoms with Crippen LogP contribution in [0.4, 0.5) is 11.4 Å². The number of nitrogens with zero attached hydrogens (tertiary/aromatic N) is 4. The average Bonchev–Trinajstić information content (AvgIpc) is 3.43. The molecule has 5 aliphatic heterocycles. The van der Waals surface area contributed by atoms with Gasteiger partial charge in [-0.3, -0.25) is 19.8 Å². The van der Waals surface area contributed by atoms with Crippen LogP contribution in [-0.2, 0) is 6.42 Å². The van der Waals surface area contributed by atoms with E-state index in [-0.39, 0.29) is 17.7 Å². The highest BCUT2D eigenvalue weighted by Crippen LogP contribution is 2.48. The number of hydrogen-bond donors (Lipinski definition) is 4. The van der Waals surface area contributed by atoms with E-state index in [0.29, 0.717) is 47.0 Å². The number of hydrogen-bond acceptors (Lipinski definition) is 9. The molecule has 5 heterocycles. The molecule has 1 aliphatic carbocycles. The van der Waals surface area contributed by atoms with Crippen LogP contribution in [-0.4, -0.2) is 101 Å². The molecular formula is C46H51N5O5. The highest BCUT2D eigenvalue weighted by atomic mass is 16.3. The summed E-state index contributed by atoms with van der Waals surface area (Å²) in [5, 5.41) is 33.1. The number of benzene rings is 4. The van der Waals surface area contributed by atoms with Crippen molar-refractivity contribution in [3.05, 3.63) is 124 Å². The number of aromatic hydroxyl groups is 1. The third-order valence-electron chi connectivity index (χ3n) is 13.8. The molecule has 290 valence electrons. The fourth-order valence-corrected chi connectivity index (χ4v) is 11.0. The van der Waals surface area contributed by atoms with E-state index in [9.17, 15) is 24.9 Å². The molecule has 4 N–H and O–H groups in total. The third kappa shape index (κ3) is 6.27. The number of carbonyl (C=O) groups excluding carboxylic acids is 2. The Hall–Kier alpha value is -4.74. The van der Waals surface area contributed by atoms with E-state index in [1.807, 2.05) is 24.3 Å². The van der Waals surface area contributed by atoms with Gasteiger partial charge in [0.2, 0.25) is 0 Å². The fraction of sp³-hybridized carbons (Fsp3) is 0.435. The van der Waals surface area contributed by atoms with Crippen molar-refractivity contribution in [2.45, 2.75) is 68.9 Å². The summed E-state index contributed by atoms with van der Waals surface area (Å²) in [7, 11) is 0. The highest BCUT2D eigenvalue weighted by molar-refractivity contribution is 6.22. The van der Waals surface area contributed by atoms with Gasteiger partial charge >= 0.3 is 0 Å². The molecule has 10 heteroatoms. The number of fused-ring (bicyclic) bond motifs is 2. The summed E-state index contributed by atoms with van der Waals surface area (Å²) in [5.41, 5.74) is 8.67.